The van der Waals surface area contributed by atoms with Gasteiger partial charge >= 0.3 is 0 Å². The Morgan fingerprint density at radius 1 is 1.20 bits per heavy atom. The van der Waals surface area contributed by atoms with Crippen molar-refractivity contribution >= 4 is 20.9 Å². The van der Waals surface area contributed by atoms with Gasteiger partial charge in [0.05, 0.1) is 11.8 Å². The van der Waals surface area contributed by atoms with Crippen LogP contribution >= 0.6 is 0 Å². The van der Waals surface area contributed by atoms with Gasteiger partial charge in [0, 0.05) is 29.7 Å². The fourth-order valence-electron chi connectivity index (χ4n) is 3.16. The number of rotatable bonds is 6. The molecule has 1 fully saturated rings. The number of sulfonamides is 1. The zero-order valence-corrected chi connectivity index (χ0v) is 14.9. The Morgan fingerprint density at radius 3 is 2.80 bits per heavy atom. The van der Waals surface area contributed by atoms with E-state index < -0.39 is 10.0 Å². The van der Waals surface area contributed by atoms with Crippen LogP contribution in [0.25, 0.3) is 22.0 Å². The molecule has 2 aromatic heterocycles. The van der Waals surface area contributed by atoms with Gasteiger partial charge in [-0.1, -0.05) is 6.07 Å². The average molecular weight is 355 g/mol. The second-order valence-corrected chi connectivity index (χ2v) is 8.67. The lowest BCUT2D eigenvalue weighted by Gasteiger charge is -2.18. The fraction of sp³-hybridized carbons (Fsp3) is 0.316. The number of benzene rings is 1. The largest absolute Gasteiger partial charge is 0.361 e. The van der Waals surface area contributed by atoms with E-state index in [1.807, 2.05) is 18.5 Å². The molecule has 0 radical (unpaired) electrons. The normalized spacial score (nSPS) is 16.2. The smallest absolute Gasteiger partial charge is 0.211 e. The maximum atomic E-state index is 12.1. The first-order valence-corrected chi connectivity index (χ1v) is 10.2. The summed E-state index contributed by atoms with van der Waals surface area (Å²) < 4.78 is 27.0. The van der Waals surface area contributed by atoms with Crippen molar-refractivity contribution in [1.29, 1.82) is 0 Å². The first kappa shape index (κ1) is 16.3. The Kier molecular flexibility index (Phi) is 4.09. The van der Waals surface area contributed by atoms with Crippen LogP contribution in [0.2, 0.25) is 0 Å². The lowest BCUT2D eigenvalue weighted by atomic mass is 10.00. The van der Waals surface area contributed by atoms with Crippen molar-refractivity contribution in [2.24, 2.45) is 5.92 Å². The average Bonchev–Trinajstić information content (AvgIpc) is 3.36. The molecule has 25 heavy (non-hydrogen) atoms. The number of aromatic amines is 1. The molecule has 130 valence electrons. The molecule has 0 amide bonds. The maximum Gasteiger partial charge on any atom is 0.211 e. The number of hydrogen-bond donors (Lipinski definition) is 2. The van der Waals surface area contributed by atoms with Crippen molar-refractivity contribution in [3.63, 3.8) is 0 Å². The minimum absolute atomic E-state index is 0.0908. The fourth-order valence-corrected chi connectivity index (χ4v) is 4.04. The zero-order valence-electron chi connectivity index (χ0n) is 14.1. The molecule has 6 heteroatoms. The third-order valence-corrected chi connectivity index (χ3v) is 6.16. The van der Waals surface area contributed by atoms with E-state index in [1.165, 1.54) is 0 Å². The van der Waals surface area contributed by atoms with Gasteiger partial charge in [-0.2, -0.15) is 0 Å². The highest BCUT2D eigenvalue weighted by molar-refractivity contribution is 7.89. The number of pyridine rings is 1. The standard InChI is InChI=1S/C19H21N3O2S/c1-2-25(23,24)22-19(13-3-4-13)17-10-16(11-20-12-17)14-5-6-18-15(9-14)7-8-21-18/h5-13,19,21-22H,2-4H2,1H3. The Morgan fingerprint density at radius 2 is 2.04 bits per heavy atom. The quantitative estimate of drug-likeness (QED) is 0.709. The van der Waals surface area contributed by atoms with Gasteiger partial charge in [0.2, 0.25) is 10.0 Å². The Hall–Kier alpha value is -2.18. The van der Waals surface area contributed by atoms with E-state index in [0.717, 1.165) is 40.4 Å². The van der Waals surface area contributed by atoms with Crippen LogP contribution < -0.4 is 4.72 Å². The van der Waals surface area contributed by atoms with Crippen LogP contribution in [-0.2, 0) is 10.0 Å². The molecule has 0 aliphatic heterocycles. The van der Waals surface area contributed by atoms with Gasteiger partial charge in [0.25, 0.3) is 0 Å². The van der Waals surface area contributed by atoms with E-state index in [1.54, 1.807) is 13.1 Å². The third kappa shape index (κ3) is 3.45. The van der Waals surface area contributed by atoms with Crippen LogP contribution in [0.3, 0.4) is 0 Å². The van der Waals surface area contributed by atoms with Gasteiger partial charge < -0.3 is 4.98 Å². The topological polar surface area (TPSA) is 74.8 Å². The molecular weight excluding hydrogens is 334 g/mol. The molecule has 5 nitrogen and oxygen atoms in total. The molecule has 2 heterocycles. The highest BCUT2D eigenvalue weighted by Gasteiger charge is 2.35. The van der Waals surface area contributed by atoms with Crippen LogP contribution in [0.1, 0.15) is 31.4 Å². The lowest BCUT2D eigenvalue weighted by molar-refractivity contribution is 0.529. The molecule has 1 atom stereocenters. The molecule has 0 bridgehead atoms. The summed E-state index contributed by atoms with van der Waals surface area (Å²) in [6.07, 6.45) is 7.63. The summed E-state index contributed by atoms with van der Waals surface area (Å²) in [6, 6.07) is 10.1. The number of nitrogens with zero attached hydrogens (tertiary/aromatic N) is 1. The minimum atomic E-state index is -3.25. The molecule has 1 saturated carbocycles. The molecule has 3 aromatic rings. The van der Waals surface area contributed by atoms with Gasteiger partial charge in [-0.15, -0.1) is 0 Å². The Labute approximate surface area is 147 Å². The van der Waals surface area contributed by atoms with Crippen molar-refractivity contribution in [2.45, 2.75) is 25.8 Å². The predicted octanol–water partition coefficient (Wildman–Crippen LogP) is 3.62. The number of nitrogens with one attached hydrogen (secondary N) is 2. The van der Waals surface area contributed by atoms with Gasteiger partial charge in [0.1, 0.15) is 0 Å². The van der Waals surface area contributed by atoms with Gasteiger partial charge in [-0.3, -0.25) is 4.98 Å². The molecule has 1 unspecified atom stereocenters. The van der Waals surface area contributed by atoms with Gasteiger partial charge in [-0.25, -0.2) is 13.1 Å². The third-order valence-electron chi connectivity index (χ3n) is 4.79. The van der Waals surface area contributed by atoms with Crippen molar-refractivity contribution < 1.29 is 8.42 Å². The monoisotopic (exact) mass is 355 g/mol. The predicted molar refractivity (Wildman–Crippen MR) is 99.6 cm³/mol. The molecule has 0 spiro atoms. The molecule has 2 N–H and O–H groups in total. The summed E-state index contributed by atoms with van der Waals surface area (Å²) >= 11 is 0. The van der Waals surface area contributed by atoms with E-state index in [9.17, 15) is 8.42 Å². The van der Waals surface area contributed by atoms with E-state index in [0.29, 0.717) is 5.92 Å². The molecule has 4 rings (SSSR count). The van der Waals surface area contributed by atoms with Crippen molar-refractivity contribution in [2.75, 3.05) is 5.75 Å². The summed E-state index contributed by atoms with van der Waals surface area (Å²) in [7, 11) is -3.25. The molecule has 1 aliphatic carbocycles. The highest BCUT2D eigenvalue weighted by atomic mass is 32.2. The molecule has 1 aliphatic rings. The second-order valence-electron chi connectivity index (χ2n) is 6.62. The van der Waals surface area contributed by atoms with E-state index in [4.69, 9.17) is 0 Å². The Balaban J connectivity index is 1.70. The van der Waals surface area contributed by atoms with Crippen molar-refractivity contribution in [3.8, 4) is 11.1 Å². The molecule has 0 saturated heterocycles. The number of H-pyrrole nitrogens is 1. The SMILES string of the molecule is CCS(=O)(=O)NC(c1cncc(-c2ccc3[nH]ccc3c2)c1)C1CC1. The number of aromatic nitrogens is 2. The van der Waals surface area contributed by atoms with Crippen molar-refractivity contribution in [1.82, 2.24) is 14.7 Å². The zero-order chi connectivity index (χ0) is 17.4. The second kappa shape index (κ2) is 6.28. The lowest BCUT2D eigenvalue weighted by Crippen LogP contribution is -2.31. The van der Waals surface area contributed by atoms with Crippen LogP contribution in [-0.4, -0.2) is 24.1 Å². The Bertz CT molecular complexity index is 1010. The number of fused-ring (bicyclic) bond motifs is 1. The molecular formula is C19H21N3O2S. The van der Waals surface area contributed by atoms with Crippen LogP contribution in [0.15, 0.2) is 48.9 Å². The van der Waals surface area contributed by atoms with Gasteiger partial charge in [0.15, 0.2) is 0 Å². The summed E-state index contributed by atoms with van der Waals surface area (Å²) in [6.45, 7) is 1.66. The molecule has 1 aromatic carbocycles. The van der Waals surface area contributed by atoms with E-state index in [2.05, 4.69) is 39.0 Å². The van der Waals surface area contributed by atoms with Crippen LogP contribution in [0.5, 0.6) is 0 Å². The summed E-state index contributed by atoms with van der Waals surface area (Å²) in [4.78, 5) is 7.56. The number of hydrogen-bond acceptors (Lipinski definition) is 3. The minimum Gasteiger partial charge on any atom is -0.361 e. The first-order chi connectivity index (χ1) is 12.1. The van der Waals surface area contributed by atoms with E-state index in [-0.39, 0.29) is 11.8 Å². The highest BCUT2D eigenvalue weighted by Crippen LogP contribution is 2.42. The van der Waals surface area contributed by atoms with Gasteiger partial charge in [-0.05, 0) is 66.5 Å². The van der Waals surface area contributed by atoms with E-state index >= 15 is 0 Å². The van der Waals surface area contributed by atoms with Crippen LogP contribution in [0, 0.1) is 5.92 Å². The first-order valence-electron chi connectivity index (χ1n) is 8.58. The summed E-state index contributed by atoms with van der Waals surface area (Å²) in [5, 5.41) is 1.15. The van der Waals surface area contributed by atoms with Crippen molar-refractivity contribution in [3.05, 3.63) is 54.5 Å². The summed E-state index contributed by atoms with van der Waals surface area (Å²) in [5.41, 5.74) is 4.11. The summed E-state index contributed by atoms with van der Waals surface area (Å²) in [5.74, 6) is 0.457. The maximum absolute atomic E-state index is 12.1. The van der Waals surface area contributed by atoms with Crippen LogP contribution in [0.4, 0.5) is 0 Å².